The van der Waals surface area contributed by atoms with Gasteiger partial charge in [-0.3, -0.25) is 0 Å². The molecule has 0 fully saturated rings. The van der Waals surface area contributed by atoms with E-state index in [-0.39, 0.29) is 5.82 Å². The van der Waals surface area contributed by atoms with E-state index in [4.69, 9.17) is 5.73 Å². The zero-order valence-electron chi connectivity index (χ0n) is 10.8. The van der Waals surface area contributed by atoms with Gasteiger partial charge in [-0.05, 0) is 49.7 Å². The van der Waals surface area contributed by atoms with Crippen LogP contribution in [0.5, 0.6) is 0 Å². The van der Waals surface area contributed by atoms with E-state index in [0.29, 0.717) is 5.69 Å². The zero-order valence-corrected chi connectivity index (χ0v) is 10.8. The highest BCUT2D eigenvalue weighted by Crippen LogP contribution is 2.27. The Morgan fingerprint density at radius 3 is 2.47 bits per heavy atom. The zero-order chi connectivity index (χ0) is 13.6. The summed E-state index contributed by atoms with van der Waals surface area (Å²) >= 11 is 0. The Kier molecular flexibility index (Phi) is 2.52. The van der Waals surface area contributed by atoms with Gasteiger partial charge in [0.15, 0.2) is 5.65 Å². The fourth-order valence-electron chi connectivity index (χ4n) is 2.22. The lowest BCUT2D eigenvalue weighted by Gasteiger charge is -2.02. The third-order valence-electron chi connectivity index (χ3n) is 3.41. The van der Waals surface area contributed by atoms with Gasteiger partial charge in [0.2, 0.25) is 0 Å². The lowest BCUT2D eigenvalue weighted by atomic mass is 10.1. The maximum absolute atomic E-state index is 13.0. The van der Waals surface area contributed by atoms with Crippen molar-refractivity contribution in [3.63, 3.8) is 0 Å². The van der Waals surface area contributed by atoms with Crippen LogP contribution in [0.1, 0.15) is 11.3 Å². The first-order valence-corrected chi connectivity index (χ1v) is 6.07. The smallest absolute Gasteiger partial charge is 0.161 e. The van der Waals surface area contributed by atoms with Crippen LogP contribution in [-0.2, 0) is 0 Å². The molecule has 3 aromatic rings. The number of aryl methyl sites for hydroxylation is 2. The number of rotatable bonds is 1. The molecule has 96 valence electrons. The van der Waals surface area contributed by atoms with Crippen LogP contribution in [0.25, 0.3) is 16.9 Å². The number of anilines is 1. The molecule has 19 heavy (non-hydrogen) atoms. The van der Waals surface area contributed by atoms with Crippen molar-refractivity contribution < 1.29 is 4.39 Å². The molecule has 0 spiro atoms. The van der Waals surface area contributed by atoms with E-state index in [1.165, 1.54) is 12.1 Å². The van der Waals surface area contributed by atoms with Crippen molar-refractivity contribution in [1.29, 1.82) is 0 Å². The van der Waals surface area contributed by atoms with Gasteiger partial charge in [-0.1, -0.05) is 0 Å². The fourth-order valence-corrected chi connectivity index (χ4v) is 2.22. The molecule has 0 saturated carbocycles. The largest absolute Gasteiger partial charge is 0.395 e. The van der Waals surface area contributed by atoms with Crippen molar-refractivity contribution in [2.45, 2.75) is 13.8 Å². The second-order valence-electron chi connectivity index (χ2n) is 4.66. The molecule has 0 amide bonds. The maximum atomic E-state index is 13.0. The molecular formula is C15H14FN3. The number of benzene rings is 1. The molecule has 2 N–H and O–H groups in total. The molecule has 0 aliphatic carbocycles. The van der Waals surface area contributed by atoms with Gasteiger partial charge in [-0.2, -0.15) is 0 Å². The van der Waals surface area contributed by atoms with Crippen LogP contribution in [0.3, 0.4) is 0 Å². The molecule has 2 heterocycles. The first-order valence-electron chi connectivity index (χ1n) is 6.07. The van der Waals surface area contributed by atoms with Gasteiger partial charge < -0.3 is 10.1 Å². The van der Waals surface area contributed by atoms with Gasteiger partial charge in [-0.15, -0.1) is 0 Å². The van der Waals surface area contributed by atoms with Gasteiger partial charge >= 0.3 is 0 Å². The minimum absolute atomic E-state index is 0.250. The maximum Gasteiger partial charge on any atom is 0.161 e. The number of halogens is 1. The normalized spacial score (nSPS) is 11.1. The first kappa shape index (κ1) is 11.7. The van der Waals surface area contributed by atoms with E-state index in [9.17, 15) is 4.39 Å². The molecule has 3 rings (SSSR count). The van der Waals surface area contributed by atoms with Crippen LogP contribution in [0.15, 0.2) is 36.5 Å². The molecular weight excluding hydrogens is 241 g/mol. The van der Waals surface area contributed by atoms with Gasteiger partial charge in [0.05, 0.1) is 11.4 Å². The highest BCUT2D eigenvalue weighted by molar-refractivity contribution is 5.75. The number of pyridine rings is 1. The Morgan fingerprint density at radius 2 is 1.79 bits per heavy atom. The van der Waals surface area contributed by atoms with Crippen LogP contribution in [0.4, 0.5) is 10.1 Å². The number of nitrogens with zero attached hydrogens (tertiary/aromatic N) is 2. The molecule has 0 unspecified atom stereocenters. The summed E-state index contributed by atoms with van der Waals surface area (Å²) < 4.78 is 14.9. The number of hydrogen-bond acceptors (Lipinski definition) is 2. The minimum Gasteiger partial charge on any atom is -0.395 e. The quantitative estimate of drug-likeness (QED) is 0.724. The minimum atomic E-state index is -0.250. The van der Waals surface area contributed by atoms with Crippen LogP contribution in [0, 0.1) is 19.7 Å². The van der Waals surface area contributed by atoms with Gasteiger partial charge in [0, 0.05) is 17.5 Å². The van der Waals surface area contributed by atoms with Crippen molar-refractivity contribution in [2.24, 2.45) is 0 Å². The molecule has 0 atom stereocenters. The molecule has 2 aromatic heterocycles. The van der Waals surface area contributed by atoms with E-state index in [0.717, 1.165) is 28.2 Å². The predicted octanol–water partition coefficient (Wildman–Crippen LogP) is 3.34. The Bertz CT molecular complexity index is 757. The predicted molar refractivity (Wildman–Crippen MR) is 74.5 cm³/mol. The van der Waals surface area contributed by atoms with E-state index in [1.807, 2.05) is 30.5 Å². The number of imidazole rings is 1. The Morgan fingerprint density at radius 1 is 1.11 bits per heavy atom. The molecule has 4 heteroatoms. The van der Waals surface area contributed by atoms with Gasteiger partial charge in [0.25, 0.3) is 0 Å². The molecule has 3 nitrogen and oxygen atoms in total. The molecule has 0 bridgehead atoms. The van der Waals surface area contributed by atoms with Crippen LogP contribution >= 0.6 is 0 Å². The summed E-state index contributed by atoms with van der Waals surface area (Å²) in [4.78, 5) is 4.59. The number of nitrogen functional groups attached to an aromatic ring is 1. The summed E-state index contributed by atoms with van der Waals surface area (Å²) in [6.07, 6.45) is 1.95. The standard InChI is InChI=1S/C15H14FN3/c1-9-7-8-19-10(2)14(18-15(19)13(9)17)11-3-5-12(16)6-4-11/h3-8H,17H2,1-2H3. The van der Waals surface area contributed by atoms with Crippen molar-refractivity contribution in [1.82, 2.24) is 9.38 Å². The number of fused-ring (bicyclic) bond motifs is 1. The van der Waals surface area contributed by atoms with Crippen molar-refractivity contribution in [3.05, 3.63) is 53.6 Å². The summed E-state index contributed by atoms with van der Waals surface area (Å²) in [6, 6.07) is 8.30. The van der Waals surface area contributed by atoms with Gasteiger partial charge in [-0.25, -0.2) is 9.37 Å². The van der Waals surface area contributed by atoms with Crippen LogP contribution in [0.2, 0.25) is 0 Å². The van der Waals surface area contributed by atoms with Gasteiger partial charge in [0.1, 0.15) is 5.82 Å². The lowest BCUT2D eigenvalue weighted by Crippen LogP contribution is -1.96. The third-order valence-corrected chi connectivity index (χ3v) is 3.41. The number of hydrogen-bond donors (Lipinski definition) is 1. The average molecular weight is 255 g/mol. The monoisotopic (exact) mass is 255 g/mol. The molecule has 0 aliphatic heterocycles. The average Bonchev–Trinajstić information content (AvgIpc) is 2.73. The van der Waals surface area contributed by atoms with E-state index in [1.54, 1.807) is 12.1 Å². The highest BCUT2D eigenvalue weighted by atomic mass is 19.1. The molecule has 0 saturated heterocycles. The van der Waals surface area contributed by atoms with Crippen molar-refractivity contribution in [3.8, 4) is 11.3 Å². The first-order chi connectivity index (χ1) is 9.08. The Hall–Kier alpha value is -2.36. The summed E-state index contributed by atoms with van der Waals surface area (Å²) in [5, 5.41) is 0. The SMILES string of the molecule is Cc1ccn2c(C)c(-c3ccc(F)cc3)nc2c1N. The Balaban J connectivity index is 2.28. The summed E-state index contributed by atoms with van der Waals surface area (Å²) in [5.74, 6) is -0.250. The highest BCUT2D eigenvalue weighted by Gasteiger charge is 2.13. The van der Waals surface area contributed by atoms with Crippen molar-refractivity contribution in [2.75, 3.05) is 5.73 Å². The van der Waals surface area contributed by atoms with Crippen LogP contribution < -0.4 is 5.73 Å². The summed E-state index contributed by atoms with van der Waals surface area (Å²) in [6.45, 7) is 3.93. The molecule has 0 radical (unpaired) electrons. The summed E-state index contributed by atoms with van der Waals surface area (Å²) in [5.41, 5.74) is 11.2. The fraction of sp³-hybridized carbons (Fsp3) is 0.133. The summed E-state index contributed by atoms with van der Waals surface area (Å²) in [7, 11) is 0. The molecule has 1 aromatic carbocycles. The number of aromatic nitrogens is 2. The van der Waals surface area contributed by atoms with Crippen molar-refractivity contribution >= 4 is 11.3 Å². The topological polar surface area (TPSA) is 43.3 Å². The third kappa shape index (κ3) is 1.76. The van der Waals surface area contributed by atoms with E-state index in [2.05, 4.69) is 4.98 Å². The van der Waals surface area contributed by atoms with Crippen LogP contribution in [-0.4, -0.2) is 9.38 Å². The second-order valence-corrected chi connectivity index (χ2v) is 4.66. The van der Waals surface area contributed by atoms with E-state index < -0.39 is 0 Å². The van der Waals surface area contributed by atoms with E-state index >= 15 is 0 Å². The second kappa shape index (κ2) is 4.09. The lowest BCUT2D eigenvalue weighted by molar-refractivity contribution is 0.628. The molecule has 0 aliphatic rings. The number of nitrogens with two attached hydrogens (primary N) is 1. The Labute approximate surface area is 110 Å².